The van der Waals surface area contributed by atoms with Crippen molar-refractivity contribution in [2.75, 3.05) is 12.4 Å². The summed E-state index contributed by atoms with van der Waals surface area (Å²) in [5.41, 5.74) is 1.98. The number of aromatic nitrogens is 2. The van der Waals surface area contributed by atoms with Crippen LogP contribution in [-0.2, 0) is 9.53 Å². The van der Waals surface area contributed by atoms with Gasteiger partial charge < -0.3 is 9.47 Å². The first kappa shape index (κ1) is 28.2. The van der Waals surface area contributed by atoms with Crippen molar-refractivity contribution >= 4 is 17.7 Å². The van der Waals surface area contributed by atoms with Crippen molar-refractivity contribution in [3.05, 3.63) is 36.7 Å². The van der Waals surface area contributed by atoms with E-state index in [4.69, 9.17) is 9.47 Å². The largest absolute Gasteiger partial charge is 0.479 e. The first-order valence-electron chi connectivity index (χ1n) is 13.0. The van der Waals surface area contributed by atoms with E-state index in [1.165, 1.54) is 57.8 Å². The van der Waals surface area contributed by atoms with E-state index in [2.05, 4.69) is 23.8 Å². The van der Waals surface area contributed by atoms with Gasteiger partial charge in [-0.05, 0) is 37.5 Å². The van der Waals surface area contributed by atoms with Crippen molar-refractivity contribution in [3.63, 3.8) is 0 Å². The first-order valence-corrected chi connectivity index (χ1v) is 14.0. The van der Waals surface area contributed by atoms with Gasteiger partial charge in [0, 0.05) is 23.7 Å². The zero-order valence-corrected chi connectivity index (χ0v) is 22.1. The number of hydrogen-bond donors (Lipinski definition) is 0. The quantitative estimate of drug-likeness (QED) is 0.0924. The number of ether oxygens (including phenoxy) is 2. The maximum Gasteiger partial charge on any atom is 0.347 e. The van der Waals surface area contributed by atoms with Gasteiger partial charge in [0.25, 0.3) is 0 Å². The van der Waals surface area contributed by atoms with E-state index in [9.17, 15) is 4.79 Å². The summed E-state index contributed by atoms with van der Waals surface area (Å²) in [4.78, 5) is 21.2. The minimum Gasteiger partial charge on any atom is -0.479 e. The lowest BCUT2D eigenvalue weighted by atomic mass is 10.1. The molecule has 1 aromatic carbocycles. The van der Waals surface area contributed by atoms with Gasteiger partial charge in [-0.2, -0.15) is 0 Å². The van der Waals surface area contributed by atoms with Crippen LogP contribution in [0, 0.1) is 0 Å². The van der Waals surface area contributed by atoms with Crippen LogP contribution in [0.1, 0.15) is 91.4 Å². The summed E-state index contributed by atoms with van der Waals surface area (Å²) in [5.74, 6) is 1.39. The van der Waals surface area contributed by atoms with Crippen molar-refractivity contribution in [1.82, 2.24) is 9.97 Å². The van der Waals surface area contributed by atoms with Gasteiger partial charge in [-0.25, -0.2) is 14.8 Å². The molecule has 1 aromatic heterocycles. The fraction of sp³-hybridized carbons (Fsp3) is 0.607. The van der Waals surface area contributed by atoms with E-state index >= 15 is 0 Å². The summed E-state index contributed by atoms with van der Waals surface area (Å²) < 4.78 is 11.1. The van der Waals surface area contributed by atoms with Gasteiger partial charge in [0.15, 0.2) is 11.3 Å². The molecule has 0 aliphatic heterocycles. The molecule has 0 bridgehead atoms. The molecule has 0 N–H and O–H groups in total. The van der Waals surface area contributed by atoms with Crippen molar-refractivity contribution in [2.45, 2.75) is 103 Å². The number of benzene rings is 1. The Bertz CT molecular complexity index is 796. The highest BCUT2D eigenvalue weighted by molar-refractivity contribution is 7.99. The Balaban J connectivity index is 1.71. The molecule has 2 rings (SSSR count). The minimum atomic E-state index is -0.632. The number of carbonyl (C=O) groups excluding carboxylic acids is 1. The minimum absolute atomic E-state index is 0.315. The molecule has 188 valence electrons. The lowest BCUT2D eigenvalue weighted by Gasteiger charge is -2.14. The van der Waals surface area contributed by atoms with Crippen LogP contribution in [-0.4, -0.2) is 34.4 Å². The van der Waals surface area contributed by atoms with E-state index < -0.39 is 6.10 Å². The molecular formula is C28H42N2O3S. The van der Waals surface area contributed by atoms with E-state index in [1.54, 1.807) is 18.7 Å². The Morgan fingerprint density at radius 1 is 0.824 bits per heavy atom. The molecule has 0 saturated carbocycles. The van der Waals surface area contributed by atoms with Crippen LogP contribution in [0.15, 0.2) is 41.8 Å². The highest BCUT2D eigenvalue weighted by Crippen LogP contribution is 2.24. The number of carbonyl (C=O) groups is 1. The lowest BCUT2D eigenvalue weighted by molar-refractivity contribution is -0.151. The van der Waals surface area contributed by atoms with E-state index in [-0.39, 0.29) is 5.97 Å². The van der Waals surface area contributed by atoms with Gasteiger partial charge in [0.05, 0.1) is 6.61 Å². The average Bonchev–Trinajstić information content (AvgIpc) is 2.86. The Morgan fingerprint density at radius 2 is 1.41 bits per heavy atom. The van der Waals surface area contributed by atoms with Crippen LogP contribution < -0.4 is 4.74 Å². The standard InChI is InChI=1S/C28H42N2O3S/c1-4-6-8-10-11-13-19-32-27(31)23(3)33-26-17-15-24(16-18-26)25-21-29-28(30-22-25)34-20-14-12-9-7-5-2/h15-18,21-23H,4-14,19-20H2,1-3H3/t23-/m1/s1. The van der Waals surface area contributed by atoms with Crippen molar-refractivity contribution in [2.24, 2.45) is 0 Å². The van der Waals surface area contributed by atoms with Crippen molar-refractivity contribution in [1.29, 1.82) is 0 Å². The molecule has 1 atom stereocenters. The molecule has 2 aromatic rings. The van der Waals surface area contributed by atoms with E-state index in [0.717, 1.165) is 34.9 Å². The fourth-order valence-corrected chi connectivity index (χ4v) is 4.35. The van der Waals surface area contributed by atoms with Crippen molar-refractivity contribution in [3.8, 4) is 16.9 Å². The van der Waals surface area contributed by atoms with Crippen LogP contribution in [0.25, 0.3) is 11.1 Å². The highest BCUT2D eigenvalue weighted by Gasteiger charge is 2.16. The number of hydrogen-bond acceptors (Lipinski definition) is 6. The summed E-state index contributed by atoms with van der Waals surface area (Å²) in [5, 5.41) is 0.826. The lowest BCUT2D eigenvalue weighted by Crippen LogP contribution is -2.26. The summed E-state index contributed by atoms with van der Waals surface area (Å²) in [6.45, 7) is 6.63. The molecule has 6 heteroatoms. The summed E-state index contributed by atoms with van der Waals surface area (Å²) in [7, 11) is 0. The predicted octanol–water partition coefficient (Wildman–Crippen LogP) is 7.88. The Labute approximate surface area is 210 Å². The maximum atomic E-state index is 12.2. The van der Waals surface area contributed by atoms with Crippen LogP contribution in [0.2, 0.25) is 0 Å². The van der Waals surface area contributed by atoms with Crippen LogP contribution in [0.4, 0.5) is 0 Å². The Morgan fingerprint density at radius 3 is 2.06 bits per heavy atom. The molecule has 0 saturated heterocycles. The Kier molecular flexibility index (Phi) is 14.4. The van der Waals surface area contributed by atoms with Crippen LogP contribution >= 0.6 is 11.8 Å². The zero-order valence-electron chi connectivity index (χ0n) is 21.3. The van der Waals surface area contributed by atoms with Gasteiger partial charge in [-0.1, -0.05) is 95.5 Å². The molecule has 0 amide bonds. The van der Waals surface area contributed by atoms with Crippen LogP contribution in [0.5, 0.6) is 5.75 Å². The third-order valence-electron chi connectivity index (χ3n) is 5.68. The predicted molar refractivity (Wildman–Crippen MR) is 141 cm³/mol. The molecule has 0 radical (unpaired) electrons. The SMILES string of the molecule is CCCCCCCCOC(=O)[C@@H](C)Oc1ccc(-c2cnc(SCCCCCCC)nc2)cc1. The van der Waals surface area contributed by atoms with E-state index in [1.807, 2.05) is 36.7 Å². The molecule has 0 spiro atoms. The molecule has 0 aliphatic rings. The summed E-state index contributed by atoms with van der Waals surface area (Å²) in [6.07, 6.45) is 16.5. The van der Waals surface area contributed by atoms with Gasteiger partial charge in [0.2, 0.25) is 0 Å². The third kappa shape index (κ3) is 11.4. The third-order valence-corrected chi connectivity index (χ3v) is 6.64. The zero-order chi connectivity index (χ0) is 24.4. The second-order valence-corrected chi connectivity index (χ2v) is 9.80. The van der Waals surface area contributed by atoms with Crippen molar-refractivity contribution < 1.29 is 14.3 Å². The van der Waals surface area contributed by atoms with Gasteiger partial charge in [0.1, 0.15) is 5.75 Å². The maximum absolute atomic E-state index is 12.2. The smallest absolute Gasteiger partial charge is 0.347 e. The van der Waals surface area contributed by atoms with Gasteiger partial charge in [-0.15, -0.1) is 0 Å². The second-order valence-electron chi connectivity index (χ2n) is 8.74. The molecule has 0 aliphatic carbocycles. The number of rotatable bonds is 18. The highest BCUT2D eigenvalue weighted by atomic mass is 32.2. The number of nitrogens with zero attached hydrogens (tertiary/aromatic N) is 2. The molecule has 34 heavy (non-hydrogen) atoms. The Hall–Kier alpha value is -2.08. The normalized spacial score (nSPS) is 11.9. The monoisotopic (exact) mass is 486 g/mol. The summed E-state index contributed by atoms with van der Waals surface area (Å²) in [6, 6.07) is 7.66. The number of unbranched alkanes of at least 4 members (excludes halogenated alkanes) is 9. The van der Waals surface area contributed by atoms with Gasteiger partial charge >= 0.3 is 5.97 Å². The second kappa shape index (κ2) is 17.4. The van der Waals surface area contributed by atoms with E-state index in [0.29, 0.717) is 12.4 Å². The molecule has 1 heterocycles. The molecule has 5 nitrogen and oxygen atoms in total. The van der Waals surface area contributed by atoms with Gasteiger partial charge in [-0.3, -0.25) is 0 Å². The molecule has 0 fully saturated rings. The van der Waals surface area contributed by atoms with Crippen LogP contribution in [0.3, 0.4) is 0 Å². The number of esters is 1. The number of thioether (sulfide) groups is 1. The fourth-order valence-electron chi connectivity index (χ4n) is 3.56. The average molecular weight is 487 g/mol. The summed E-state index contributed by atoms with van der Waals surface area (Å²) >= 11 is 1.72. The first-order chi connectivity index (χ1) is 16.6. The topological polar surface area (TPSA) is 61.3 Å². The molecule has 0 unspecified atom stereocenters. The molecular weight excluding hydrogens is 444 g/mol.